The van der Waals surface area contributed by atoms with E-state index in [1.165, 1.54) is 0 Å². The van der Waals surface area contributed by atoms with Crippen molar-refractivity contribution >= 4 is 0 Å². The molecule has 1 saturated carbocycles. The lowest BCUT2D eigenvalue weighted by molar-refractivity contribution is 0.0691. The summed E-state index contributed by atoms with van der Waals surface area (Å²) in [5.41, 5.74) is 0. The maximum absolute atomic E-state index is 12.0. The second-order valence-corrected chi connectivity index (χ2v) is 3.87. The first-order valence-corrected chi connectivity index (χ1v) is 4.74. The fourth-order valence-electron chi connectivity index (χ4n) is 1.94. The molecule has 0 amide bonds. The van der Waals surface area contributed by atoms with Crippen LogP contribution in [0.2, 0.25) is 0 Å². The molecule has 0 saturated heterocycles. The van der Waals surface area contributed by atoms with E-state index < -0.39 is 6.43 Å². The lowest BCUT2D eigenvalue weighted by Gasteiger charge is -2.22. The van der Waals surface area contributed by atoms with Crippen LogP contribution in [0.15, 0.2) is 0 Å². The van der Waals surface area contributed by atoms with E-state index in [-0.39, 0.29) is 18.6 Å². The number of nitrogens with zero attached hydrogens (tertiary/aromatic N) is 1. The van der Waals surface area contributed by atoms with Crippen LogP contribution in [0.1, 0.15) is 19.3 Å². The summed E-state index contributed by atoms with van der Waals surface area (Å²) >= 11 is 0. The molecule has 2 unspecified atom stereocenters. The number of hydrogen-bond donors (Lipinski definition) is 1. The SMILES string of the molecule is CN(CC(F)F)CC1CCCC1O. The van der Waals surface area contributed by atoms with Crippen molar-refractivity contribution in [1.82, 2.24) is 4.90 Å². The molecule has 1 aliphatic rings. The Kier molecular flexibility index (Phi) is 4.06. The molecule has 0 aromatic heterocycles. The van der Waals surface area contributed by atoms with Crippen molar-refractivity contribution in [2.45, 2.75) is 31.8 Å². The van der Waals surface area contributed by atoms with Gasteiger partial charge in [-0.25, -0.2) is 8.78 Å². The Morgan fingerprint density at radius 2 is 2.15 bits per heavy atom. The van der Waals surface area contributed by atoms with E-state index in [2.05, 4.69) is 0 Å². The molecule has 1 fully saturated rings. The molecular formula is C9H17F2NO. The van der Waals surface area contributed by atoms with Gasteiger partial charge in [0.25, 0.3) is 6.43 Å². The van der Waals surface area contributed by atoms with Crippen LogP contribution in [0.4, 0.5) is 8.78 Å². The molecule has 1 N–H and O–H groups in total. The number of aliphatic hydroxyl groups excluding tert-OH is 1. The first kappa shape index (κ1) is 10.9. The topological polar surface area (TPSA) is 23.5 Å². The lowest BCUT2D eigenvalue weighted by Crippen LogP contribution is -2.32. The van der Waals surface area contributed by atoms with E-state index in [1.807, 2.05) is 0 Å². The van der Waals surface area contributed by atoms with Gasteiger partial charge in [-0.1, -0.05) is 6.42 Å². The van der Waals surface area contributed by atoms with Crippen molar-refractivity contribution in [1.29, 1.82) is 0 Å². The van der Waals surface area contributed by atoms with Gasteiger partial charge < -0.3 is 10.0 Å². The summed E-state index contributed by atoms with van der Waals surface area (Å²) in [4.78, 5) is 1.60. The molecule has 0 aromatic carbocycles. The van der Waals surface area contributed by atoms with Crippen molar-refractivity contribution in [3.8, 4) is 0 Å². The second-order valence-electron chi connectivity index (χ2n) is 3.87. The average Bonchev–Trinajstić information content (AvgIpc) is 2.34. The molecule has 1 aliphatic carbocycles. The Morgan fingerprint density at radius 3 is 2.62 bits per heavy atom. The van der Waals surface area contributed by atoms with Gasteiger partial charge in [0.2, 0.25) is 0 Å². The summed E-state index contributed by atoms with van der Waals surface area (Å²) in [5.74, 6) is 0.198. The van der Waals surface area contributed by atoms with E-state index >= 15 is 0 Å². The van der Waals surface area contributed by atoms with Gasteiger partial charge >= 0.3 is 0 Å². The van der Waals surface area contributed by atoms with E-state index in [4.69, 9.17) is 0 Å². The summed E-state index contributed by atoms with van der Waals surface area (Å²) in [6.45, 7) is 0.398. The molecular weight excluding hydrogens is 176 g/mol. The van der Waals surface area contributed by atoms with Crippen LogP contribution < -0.4 is 0 Å². The fraction of sp³-hybridized carbons (Fsp3) is 1.00. The maximum Gasteiger partial charge on any atom is 0.251 e. The maximum atomic E-state index is 12.0. The average molecular weight is 193 g/mol. The van der Waals surface area contributed by atoms with E-state index in [0.29, 0.717) is 6.54 Å². The summed E-state index contributed by atoms with van der Waals surface area (Å²) in [5, 5.41) is 9.46. The van der Waals surface area contributed by atoms with E-state index in [9.17, 15) is 13.9 Å². The van der Waals surface area contributed by atoms with Crippen LogP contribution in [0.3, 0.4) is 0 Å². The molecule has 0 radical (unpaired) electrons. The third kappa shape index (κ3) is 3.56. The number of halogens is 2. The molecule has 4 heteroatoms. The van der Waals surface area contributed by atoms with Crippen LogP contribution in [-0.2, 0) is 0 Å². The van der Waals surface area contributed by atoms with Crippen LogP contribution >= 0.6 is 0 Å². The molecule has 1 rings (SSSR count). The molecule has 0 heterocycles. The Morgan fingerprint density at radius 1 is 1.46 bits per heavy atom. The largest absolute Gasteiger partial charge is 0.393 e. The summed E-state index contributed by atoms with van der Waals surface area (Å²) in [6.07, 6.45) is 0.264. The first-order valence-electron chi connectivity index (χ1n) is 4.74. The zero-order chi connectivity index (χ0) is 9.84. The Hall–Kier alpha value is -0.220. The molecule has 2 nitrogen and oxygen atoms in total. The second kappa shape index (κ2) is 4.86. The zero-order valence-corrected chi connectivity index (χ0v) is 7.92. The number of hydrogen-bond acceptors (Lipinski definition) is 2. The Labute approximate surface area is 77.5 Å². The lowest BCUT2D eigenvalue weighted by atomic mass is 10.1. The minimum atomic E-state index is -2.27. The van der Waals surface area contributed by atoms with Crippen molar-refractivity contribution in [2.24, 2.45) is 5.92 Å². The molecule has 2 atom stereocenters. The molecule has 0 aliphatic heterocycles. The Bertz CT molecular complexity index is 155. The Balaban J connectivity index is 2.22. The van der Waals surface area contributed by atoms with Crippen molar-refractivity contribution < 1.29 is 13.9 Å². The molecule has 0 bridgehead atoms. The smallest absolute Gasteiger partial charge is 0.251 e. The number of aliphatic hydroxyl groups is 1. The van der Waals surface area contributed by atoms with Crippen LogP contribution in [-0.4, -0.2) is 42.7 Å². The molecule has 0 aromatic rings. The highest BCUT2D eigenvalue weighted by Crippen LogP contribution is 2.25. The quantitative estimate of drug-likeness (QED) is 0.728. The summed E-state index contributed by atoms with van der Waals surface area (Å²) in [6, 6.07) is 0. The van der Waals surface area contributed by atoms with Crippen LogP contribution in [0, 0.1) is 5.92 Å². The van der Waals surface area contributed by atoms with Gasteiger partial charge in [-0.2, -0.15) is 0 Å². The first-order chi connectivity index (χ1) is 6.09. The molecule has 13 heavy (non-hydrogen) atoms. The minimum Gasteiger partial charge on any atom is -0.393 e. The summed E-state index contributed by atoms with van der Waals surface area (Å²) in [7, 11) is 1.68. The standard InChI is InChI=1S/C9H17F2NO/c1-12(6-9(10)11)5-7-3-2-4-8(7)13/h7-9,13H,2-6H2,1H3. The molecule has 0 spiro atoms. The zero-order valence-electron chi connectivity index (χ0n) is 7.92. The predicted octanol–water partition coefficient (Wildman–Crippen LogP) is 1.34. The van der Waals surface area contributed by atoms with Crippen molar-refractivity contribution in [2.75, 3.05) is 20.1 Å². The normalized spacial score (nSPS) is 29.1. The van der Waals surface area contributed by atoms with Gasteiger partial charge in [-0.15, -0.1) is 0 Å². The van der Waals surface area contributed by atoms with Crippen molar-refractivity contribution in [3.05, 3.63) is 0 Å². The highest BCUT2D eigenvalue weighted by atomic mass is 19.3. The van der Waals surface area contributed by atoms with Crippen LogP contribution in [0.5, 0.6) is 0 Å². The van der Waals surface area contributed by atoms with Gasteiger partial charge in [-0.05, 0) is 25.8 Å². The third-order valence-corrected chi connectivity index (χ3v) is 2.61. The minimum absolute atomic E-state index is 0.191. The molecule has 78 valence electrons. The fourth-order valence-corrected chi connectivity index (χ4v) is 1.94. The third-order valence-electron chi connectivity index (χ3n) is 2.61. The monoisotopic (exact) mass is 193 g/mol. The van der Waals surface area contributed by atoms with E-state index in [0.717, 1.165) is 19.3 Å². The van der Waals surface area contributed by atoms with E-state index in [1.54, 1.807) is 11.9 Å². The van der Waals surface area contributed by atoms with Gasteiger partial charge in [0, 0.05) is 6.54 Å². The summed E-state index contributed by atoms with van der Waals surface area (Å²) < 4.78 is 23.9. The number of rotatable bonds is 4. The highest BCUT2D eigenvalue weighted by Gasteiger charge is 2.26. The van der Waals surface area contributed by atoms with Gasteiger partial charge in [0.15, 0.2) is 0 Å². The van der Waals surface area contributed by atoms with Crippen LogP contribution in [0.25, 0.3) is 0 Å². The highest BCUT2D eigenvalue weighted by molar-refractivity contribution is 4.78. The predicted molar refractivity (Wildman–Crippen MR) is 46.8 cm³/mol. The van der Waals surface area contributed by atoms with Gasteiger partial charge in [0.1, 0.15) is 0 Å². The van der Waals surface area contributed by atoms with Crippen molar-refractivity contribution in [3.63, 3.8) is 0 Å². The number of alkyl halides is 2. The van der Waals surface area contributed by atoms with Gasteiger partial charge in [-0.3, -0.25) is 0 Å². The van der Waals surface area contributed by atoms with Gasteiger partial charge in [0.05, 0.1) is 12.6 Å².